The van der Waals surface area contributed by atoms with Crippen molar-refractivity contribution in [2.45, 2.75) is 31.7 Å². The molecule has 1 aliphatic rings. The number of nitrogens with zero attached hydrogens (tertiary/aromatic N) is 3. The molecule has 1 saturated heterocycles. The molecule has 0 radical (unpaired) electrons. The second kappa shape index (κ2) is 5.85. The molecule has 102 valence electrons. The average molecular weight is 268 g/mol. The lowest BCUT2D eigenvalue weighted by atomic mass is 10.1. The summed E-state index contributed by atoms with van der Waals surface area (Å²) in [5, 5.41) is 16.5. The molecule has 1 atom stereocenters. The van der Waals surface area contributed by atoms with E-state index >= 15 is 0 Å². The van der Waals surface area contributed by atoms with Crippen molar-refractivity contribution >= 4 is 0 Å². The Balaban J connectivity index is 1.84. The summed E-state index contributed by atoms with van der Waals surface area (Å²) >= 11 is 0. The van der Waals surface area contributed by atoms with Gasteiger partial charge in [-0.2, -0.15) is 10.2 Å². The van der Waals surface area contributed by atoms with Gasteiger partial charge >= 0.3 is 0 Å². The SMILES string of the molecule is N#Cc1cccc(-c2nc(C3CCCCCN3)no2)c1. The first kappa shape index (κ1) is 12.8. The van der Waals surface area contributed by atoms with Gasteiger partial charge in [0.2, 0.25) is 0 Å². The molecule has 1 N–H and O–H groups in total. The Hall–Kier alpha value is -2.19. The topological polar surface area (TPSA) is 74.7 Å². The Morgan fingerprint density at radius 3 is 3.15 bits per heavy atom. The standard InChI is InChI=1S/C15H16N4O/c16-10-11-5-4-6-12(9-11)15-18-14(19-20-15)13-7-2-1-3-8-17-13/h4-6,9,13,17H,1-3,7-8H2. The molecule has 0 aliphatic carbocycles. The van der Waals surface area contributed by atoms with Crippen LogP contribution in [0.5, 0.6) is 0 Å². The molecule has 1 aromatic heterocycles. The van der Waals surface area contributed by atoms with Crippen LogP contribution in [0.2, 0.25) is 0 Å². The van der Waals surface area contributed by atoms with Crippen LogP contribution >= 0.6 is 0 Å². The minimum atomic E-state index is 0.175. The predicted molar refractivity (Wildman–Crippen MR) is 73.7 cm³/mol. The number of benzene rings is 1. The normalized spacial score (nSPS) is 19.2. The molecule has 1 fully saturated rings. The Labute approximate surface area is 117 Å². The summed E-state index contributed by atoms with van der Waals surface area (Å²) in [4.78, 5) is 4.47. The van der Waals surface area contributed by atoms with Crippen molar-refractivity contribution in [3.05, 3.63) is 35.7 Å². The maximum Gasteiger partial charge on any atom is 0.258 e. The third kappa shape index (κ3) is 2.70. The van der Waals surface area contributed by atoms with Gasteiger partial charge < -0.3 is 9.84 Å². The fourth-order valence-corrected chi connectivity index (χ4v) is 2.46. The van der Waals surface area contributed by atoms with Crippen molar-refractivity contribution in [2.75, 3.05) is 6.54 Å². The van der Waals surface area contributed by atoms with E-state index in [0.717, 1.165) is 18.5 Å². The summed E-state index contributed by atoms with van der Waals surface area (Å²) in [6.07, 6.45) is 4.67. The van der Waals surface area contributed by atoms with Crippen molar-refractivity contribution in [3.8, 4) is 17.5 Å². The highest BCUT2D eigenvalue weighted by atomic mass is 16.5. The van der Waals surface area contributed by atoms with Crippen LogP contribution in [0.15, 0.2) is 28.8 Å². The van der Waals surface area contributed by atoms with E-state index in [2.05, 4.69) is 21.5 Å². The zero-order chi connectivity index (χ0) is 13.8. The van der Waals surface area contributed by atoms with Crippen LogP contribution in [0, 0.1) is 11.3 Å². The molecule has 0 spiro atoms. The summed E-state index contributed by atoms with van der Waals surface area (Å²) in [6.45, 7) is 0.998. The van der Waals surface area contributed by atoms with Gasteiger partial charge in [-0.1, -0.05) is 24.1 Å². The van der Waals surface area contributed by atoms with E-state index in [9.17, 15) is 0 Å². The fourth-order valence-electron chi connectivity index (χ4n) is 2.46. The summed E-state index contributed by atoms with van der Waals surface area (Å²) in [6, 6.07) is 9.50. The second-order valence-corrected chi connectivity index (χ2v) is 5.01. The molecule has 2 aromatic rings. The number of nitriles is 1. The van der Waals surface area contributed by atoms with Gasteiger partial charge in [-0.05, 0) is 37.6 Å². The van der Waals surface area contributed by atoms with Crippen LogP contribution in [-0.4, -0.2) is 16.7 Å². The Bertz CT molecular complexity index is 621. The van der Waals surface area contributed by atoms with Crippen molar-refractivity contribution < 1.29 is 4.52 Å². The minimum absolute atomic E-state index is 0.175. The first-order chi connectivity index (χ1) is 9.86. The minimum Gasteiger partial charge on any atom is -0.334 e. The van der Waals surface area contributed by atoms with E-state index in [1.165, 1.54) is 19.3 Å². The molecular formula is C15H16N4O. The van der Waals surface area contributed by atoms with Crippen LogP contribution in [0.1, 0.15) is 43.1 Å². The van der Waals surface area contributed by atoms with Crippen LogP contribution < -0.4 is 5.32 Å². The average Bonchev–Trinajstić information content (AvgIpc) is 2.83. The molecule has 1 aliphatic heterocycles. The monoisotopic (exact) mass is 268 g/mol. The van der Waals surface area contributed by atoms with Gasteiger partial charge in [0.05, 0.1) is 17.7 Å². The molecule has 5 heteroatoms. The summed E-state index contributed by atoms with van der Waals surface area (Å²) in [7, 11) is 0. The second-order valence-electron chi connectivity index (χ2n) is 5.01. The fraction of sp³-hybridized carbons (Fsp3) is 0.400. The maximum atomic E-state index is 8.92. The summed E-state index contributed by atoms with van der Waals surface area (Å²) in [5.41, 5.74) is 1.38. The zero-order valence-electron chi connectivity index (χ0n) is 11.2. The van der Waals surface area contributed by atoms with E-state index in [0.29, 0.717) is 17.3 Å². The van der Waals surface area contributed by atoms with Crippen molar-refractivity contribution in [1.82, 2.24) is 15.5 Å². The molecular weight excluding hydrogens is 252 g/mol. The van der Waals surface area contributed by atoms with E-state index in [1.54, 1.807) is 12.1 Å². The van der Waals surface area contributed by atoms with Gasteiger partial charge in [-0.3, -0.25) is 0 Å². The number of hydrogen-bond donors (Lipinski definition) is 1. The Kier molecular flexibility index (Phi) is 3.75. The third-order valence-electron chi connectivity index (χ3n) is 3.55. The Morgan fingerprint density at radius 2 is 2.25 bits per heavy atom. The molecule has 1 aromatic carbocycles. The lowest BCUT2D eigenvalue weighted by molar-refractivity contribution is 0.402. The van der Waals surface area contributed by atoms with E-state index < -0.39 is 0 Å². The molecule has 0 bridgehead atoms. The van der Waals surface area contributed by atoms with E-state index in [-0.39, 0.29) is 6.04 Å². The highest BCUT2D eigenvalue weighted by molar-refractivity contribution is 5.55. The van der Waals surface area contributed by atoms with Crippen molar-refractivity contribution in [3.63, 3.8) is 0 Å². The maximum absolute atomic E-state index is 8.92. The molecule has 20 heavy (non-hydrogen) atoms. The van der Waals surface area contributed by atoms with Crippen LogP contribution in [0.4, 0.5) is 0 Å². The molecule has 0 amide bonds. The van der Waals surface area contributed by atoms with Crippen LogP contribution in [-0.2, 0) is 0 Å². The molecule has 5 nitrogen and oxygen atoms in total. The van der Waals surface area contributed by atoms with Gasteiger partial charge in [-0.15, -0.1) is 0 Å². The smallest absolute Gasteiger partial charge is 0.258 e. The summed E-state index contributed by atoms with van der Waals surface area (Å²) in [5.74, 6) is 1.19. The Morgan fingerprint density at radius 1 is 1.30 bits per heavy atom. The highest BCUT2D eigenvalue weighted by Crippen LogP contribution is 2.24. The molecule has 3 rings (SSSR count). The summed E-state index contributed by atoms with van der Waals surface area (Å²) < 4.78 is 5.33. The molecule has 2 heterocycles. The lowest BCUT2D eigenvalue weighted by Crippen LogP contribution is -2.21. The van der Waals surface area contributed by atoms with Gasteiger partial charge in [0.25, 0.3) is 5.89 Å². The van der Waals surface area contributed by atoms with Crippen LogP contribution in [0.25, 0.3) is 11.5 Å². The number of aromatic nitrogens is 2. The van der Waals surface area contributed by atoms with Crippen molar-refractivity contribution in [1.29, 1.82) is 5.26 Å². The van der Waals surface area contributed by atoms with Gasteiger partial charge in [0, 0.05) is 5.56 Å². The molecule has 1 unspecified atom stereocenters. The predicted octanol–water partition coefficient (Wildman–Crippen LogP) is 2.81. The lowest BCUT2D eigenvalue weighted by Gasteiger charge is -2.09. The van der Waals surface area contributed by atoms with Gasteiger partial charge in [0.15, 0.2) is 5.82 Å². The van der Waals surface area contributed by atoms with E-state index in [4.69, 9.17) is 9.78 Å². The van der Waals surface area contributed by atoms with Gasteiger partial charge in [-0.25, -0.2) is 0 Å². The number of rotatable bonds is 2. The van der Waals surface area contributed by atoms with Crippen molar-refractivity contribution in [2.24, 2.45) is 0 Å². The molecule has 0 saturated carbocycles. The first-order valence-electron chi connectivity index (χ1n) is 6.94. The number of hydrogen-bond acceptors (Lipinski definition) is 5. The largest absolute Gasteiger partial charge is 0.334 e. The first-order valence-corrected chi connectivity index (χ1v) is 6.94. The number of nitrogens with one attached hydrogen (secondary N) is 1. The quantitative estimate of drug-likeness (QED) is 0.906. The van der Waals surface area contributed by atoms with Crippen LogP contribution in [0.3, 0.4) is 0 Å². The zero-order valence-corrected chi connectivity index (χ0v) is 11.2. The van der Waals surface area contributed by atoms with E-state index in [1.807, 2.05) is 12.1 Å². The third-order valence-corrected chi connectivity index (χ3v) is 3.55. The van der Waals surface area contributed by atoms with Gasteiger partial charge in [0.1, 0.15) is 0 Å². The highest BCUT2D eigenvalue weighted by Gasteiger charge is 2.20.